The monoisotopic (exact) mass is 334 g/mol. The van der Waals surface area contributed by atoms with E-state index in [1.807, 2.05) is 13.8 Å². The first-order valence-electron chi connectivity index (χ1n) is 8.71. The molecular weight excluding hydrogens is 304 g/mol. The van der Waals surface area contributed by atoms with E-state index in [9.17, 15) is 9.59 Å². The third-order valence-corrected chi connectivity index (χ3v) is 3.59. The Labute approximate surface area is 145 Å². The number of hydrogen-bond acceptors (Lipinski definition) is 4. The molecule has 2 atom stereocenters. The summed E-state index contributed by atoms with van der Waals surface area (Å²) < 4.78 is 10.9. The molecule has 4 heteroatoms. The Bertz CT molecular complexity index is 499. The van der Waals surface area contributed by atoms with E-state index in [0.717, 1.165) is 12.8 Å². The van der Waals surface area contributed by atoms with Crippen molar-refractivity contribution in [2.75, 3.05) is 0 Å². The van der Waals surface area contributed by atoms with Gasteiger partial charge in [-0.25, -0.2) is 9.59 Å². The fourth-order valence-electron chi connectivity index (χ4n) is 2.76. The van der Waals surface area contributed by atoms with Crippen LogP contribution in [0.4, 0.5) is 0 Å². The van der Waals surface area contributed by atoms with Gasteiger partial charge in [0.2, 0.25) is 0 Å². The summed E-state index contributed by atoms with van der Waals surface area (Å²) in [5.41, 5.74) is 0.518. The summed E-state index contributed by atoms with van der Waals surface area (Å²) in [4.78, 5) is 24.8. The van der Waals surface area contributed by atoms with E-state index in [4.69, 9.17) is 9.47 Å². The smallest absolute Gasteiger partial charge is 0.339 e. The van der Waals surface area contributed by atoms with Gasteiger partial charge in [-0.2, -0.15) is 0 Å². The molecule has 0 heterocycles. The van der Waals surface area contributed by atoms with Gasteiger partial charge >= 0.3 is 11.9 Å². The molecule has 0 saturated heterocycles. The molecule has 4 nitrogen and oxygen atoms in total. The molecule has 0 aromatic heterocycles. The van der Waals surface area contributed by atoms with Gasteiger partial charge in [0, 0.05) is 0 Å². The zero-order valence-electron chi connectivity index (χ0n) is 15.7. The van der Waals surface area contributed by atoms with Crippen molar-refractivity contribution in [3.05, 3.63) is 35.4 Å². The van der Waals surface area contributed by atoms with Gasteiger partial charge in [0.05, 0.1) is 23.3 Å². The maximum atomic E-state index is 12.4. The highest BCUT2D eigenvalue weighted by Gasteiger charge is 2.22. The van der Waals surface area contributed by atoms with Gasteiger partial charge in [0.15, 0.2) is 0 Å². The van der Waals surface area contributed by atoms with E-state index in [1.54, 1.807) is 24.3 Å². The van der Waals surface area contributed by atoms with Crippen LogP contribution in [0.15, 0.2) is 24.3 Å². The Balaban J connectivity index is 2.83. The number of rotatable bonds is 8. The van der Waals surface area contributed by atoms with Crippen LogP contribution < -0.4 is 0 Å². The first kappa shape index (κ1) is 20.2. The van der Waals surface area contributed by atoms with Crippen LogP contribution >= 0.6 is 0 Å². The Kier molecular flexibility index (Phi) is 7.96. The van der Waals surface area contributed by atoms with Gasteiger partial charge in [0.1, 0.15) is 0 Å². The third-order valence-electron chi connectivity index (χ3n) is 3.59. The largest absolute Gasteiger partial charge is 0.459 e. The summed E-state index contributed by atoms with van der Waals surface area (Å²) in [5, 5.41) is 0. The molecule has 0 unspecified atom stereocenters. The summed E-state index contributed by atoms with van der Waals surface area (Å²) in [6.07, 6.45) is 1.18. The van der Waals surface area contributed by atoms with Crippen LogP contribution in [0.5, 0.6) is 0 Å². The molecule has 0 spiro atoms. The molecule has 1 aromatic carbocycles. The molecule has 0 saturated carbocycles. The average Bonchev–Trinajstić information content (AvgIpc) is 2.45. The molecule has 1 rings (SSSR count). The zero-order chi connectivity index (χ0) is 18.3. The van der Waals surface area contributed by atoms with Crippen LogP contribution in [0.25, 0.3) is 0 Å². The normalized spacial score (nSPS) is 13.7. The van der Waals surface area contributed by atoms with E-state index >= 15 is 0 Å². The van der Waals surface area contributed by atoms with Gasteiger partial charge in [-0.1, -0.05) is 39.8 Å². The highest BCUT2D eigenvalue weighted by Crippen LogP contribution is 2.17. The first-order chi connectivity index (χ1) is 11.2. The SMILES string of the molecule is CC(C)C[C@@H](C)OC(=O)c1ccccc1C(=O)O[C@H](C)CC(C)C. The second kappa shape index (κ2) is 9.45. The summed E-state index contributed by atoms with van der Waals surface area (Å²) in [5.74, 6) is -0.0887. The lowest BCUT2D eigenvalue weighted by Crippen LogP contribution is -2.22. The van der Waals surface area contributed by atoms with E-state index in [-0.39, 0.29) is 23.3 Å². The highest BCUT2D eigenvalue weighted by atomic mass is 16.5. The van der Waals surface area contributed by atoms with Gasteiger partial charge in [-0.3, -0.25) is 0 Å². The minimum Gasteiger partial charge on any atom is -0.459 e. The van der Waals surface area contributed by atoms with Gasteiger partial charge < -0.3 is 9.47 Å². The zero-order valence-corrected chi connectivity index (χ0v) is 15.7. The van der Waals surface area contributed by atoms with Crippen LogP contribution in [-0.2, 0) is 9.47 Å². The average molecular weight is 334 g/mol. The van der Waals surface area contributed by atoms with Gasteiger partial charge in [0.25, 0.3) is 0 Å². The Morgan fingerprint density at radius 3 is 1.38 bits per heavy atom. The van der Waals surface area contributed by atoms with Crippen molar-refractivity contribution in [3.63, 3.8) is 0 Å². The molecular formula is C20H30O4. The molecule has 0 N–H and O–H groups in total. The predicted octanol–water partition coefficient (Wildman–Crippen LogP) is 4.87. The summed E-state index contributed by atoms with van der Waals surface area (Å²) >= 11 is 0. The molecule has 24 heavy (non-hydrogen) atoms. The number of ether oxygens (including phenoxy) is 2. The molecule has 134 valence electrons. The molecule has 0 aliphatic carbocycles. The van der Waals surface area contributed by atoms with Crippen molar-refractivity contribution in [1.29, 1.82) is 0 Å². The van der Waals surface area contributed by atoms with Crippen molar-refractivity contribution in [2.24, 2.45) is 11.8 Å². The van der Waals surface area contributed by atoms with E-state index in [1.165, 1.54) is 0 Å². The Morgan fingerprint density at radius 1 is 0.750 bits per heavy atom. The van der Waals surface area contributed by atoms with Crippen LogP contribution in [-0.4, -0.2) is 24.1 Å². The second-order valence-corrected chi connectivity index (χ2v) is 7.24. The number of esters is 2. The number of carbonyl (C=O) groups excluding carboxylic acids is 2. The maximum Gasteiger partial charge on any atom is 0.339 e. The first-order valence-corrected chi connectivity index (χ1v) is 8.71. The topological polar surface area (TPSA) is 52.6 Å². The minimum atomic E-state index is -0.479. The Morgan fingerprint density at radius 2 is 1.08 bits per heavy atom. The molecule has 0 fully saturated rings. The molecule has 0 aliphatic heterocycles. The van der Waals surface area contributed by atoms with Crippen molar-refractivity contribution in [2.45, 2.75) is 66.6 Å². The van der Waals surface area contributed by atoms with E-state index in [2.05, 4.69) is 27.7 Å². The minimum absolute atomic E-state index is 0.193. The lowest BCUT2D eigenvalue weighted by molar-refractivity contribution is 0.0250. The Hall–Kier alpha value is -1.84. The van der Waals surface area contributed by atoms with Crippen LogP contribution in [0, 0.1) is 11.8 Å². The standard InChI is InChI=1S/C20H30O4/c1-13(2)11-15(5)23-19(21)17-9-7-8-10-18(17)20(22)24-16(6)12-14(3)4/h7-10,13-16H,11-12H2,1-6H3/t15-,16-/m1/s1. The molecule has 0 aliphatic rings. The quantitative estimate of drug-likeness (QED) is 0.636. The number of hydrogen-bond donors (Lipinski definition) is 0. The van der Waals surface area contributed by atoms with Crippen LogP contribution in [0.1, 0.15) is 75.1 Å². The maximum absolute atomic E-state index is 12.4. The van der Waals surface area contributed by atoms with Gasteiger partial charge in [-0.05, 0) is 50.7 Å². The molecule has 0 radical (unpaired) electrons. The molecule has 0 bridgehead atoms. The molecule has 1 aromatic rings. The summed E-state index contributed by atoms with van der Waals surface area (Å²) in [7, 11) is 0. The van der Waals surface area contributed by atoms with Crippen molar-refractivity contribution < 1.29 is 19.1 Å². The van der Waals surface area contributed by atoms with Crippen LogP contribution in [0.3, 0.4) is 0 Å². The summed E-state index contributed by atoms with van der Waals surface area (Å²) in [6.45, 7) is 12.0. The lowest BCUT2D eigenvalue weighted by atomic mass is 10.1. The van der Waals surface area contributed by atoms with Gasteiger partial charge in [-0.15, -0.1) is 0 Å². The van der Waals surface area contributed by atoms with E-state index in [0.29, 0.717) is 11.8 Å². The van der Waals surface area contributed by atoms with Crippen molar-refractivity contribution in [3.8, 4) is 0 Å². The number of benzene rings is 1. The summed E-state index contributed by atoms with van der Waals surface area (Å²) in [6, 6.07) is 6.65. The predicted molar refractivity (Wildman–Crippen MR) is 95.1 cm³/mol. The fraction of sp³-hybridized carbons (Fsp3) is 0.600. The number of carbonyl (C=O) groups is 2. The molecule has 0 amide bonds. The second-order valence-electron chi connectivity index (χ2n) is 7.24. The fourth-order valence-corrected chi connectivity index (χ4v) is 2.76. The highest BCUT2D eigenvalue weighted by molar-refractivity contribution is 6.03. The van der Waals surface area contributed by atoms with Crippen molar-refractivity contribution >= 4 is 11.9 Å². The van der Waals surface area contributed by atoms with E-state index < -0.39 is 11.9 Å². The third kappa shape index (κ3) is 6.73. The van der Waals surface area contributed by atoms with Crippen molar-refractivity contribution in [1.82, 2.24) is 0 Å². The van der Waals surface area contributed by atoms with Crippen LogP contribution in [0.2, 0.25) is 0 Å². The lowest BCUT2D eigenvalue weighted by Gasteiger charge is -2.18.